The first-order valence-corrected chi connectivity index (χ1v) is 9.91. The summed E-state index contributed by atoms with van der Waals surface area (Å²) >= 11 is 0. The number of esters is 1. The molecule has 0 aliphatic heterocycles. The summed E-state index contributed by atoms with van der Waals surface area (Å²) in [5.41, 5.74) is 1.58. The highest BCUT2D eigenvalue weighted by Gasteiger charge is 2.36. The summed E-state index contributed by atoms with van der Waals surface area (Å²) < 4.78 is 37.3. The van der Waals surface area contributed by atoms with Gasteiger partial charge in [0.2, 0.25) is 0 Å². The zero-order valence-electron chi connectivity index (χ0n) is 17.7. The van der Waals surface area contributed by atoms with E-state index in [4.69, 9.17) is 4.74 Å². The van der Waals surface area contributed by atoms with Crippen LogP contribution in [0.25, 0.3) is 22.3 Å². The van der Waals surface area contributed by atoms with Crippen molar-refractivity contribution in [1.82, 2.24) is 19.3 Å². The van der Waals surface area contributed by atoms with Crippen molar-refractivity contribution >= 4 is 16.7 Å². The van der Waals surface area contributed by atoms with Crippen molar-refractivity contribution in [2.45, 2.75) is 33.6 Å². The van der Waals surface area contributed by atoms with Crippen molar-refractivity contribution in [3.63, 3.8) is 0 Å². The number of aromatic nitrogens is 4. The lowest BCUT2D eigenvalue weighted by atomic mass is 10.1. The number of pyridine rings is 1. The molecule has 0 aliphatic rings. The molecule has 4 rings (SSSR count). The topological polar surface area (TPSA) is 61.9 Å². The summed E-state index contributed by atoms with van der Waals surface area (Å²) in [6, 6.07) is 11.4. The van der Waals surface area contributed by atoms with Gasteiger partial charge >= 0.3 is 5.97 Å². The summed E-state index contributed by atoms with van der Waals surface area (Å²) in [5.74, 6) is -3.47. The molecule has 0 spiro atoms. The van der Waals surface area contributed by atoms with Crippen LogP contribution >= 0.6 is 0 Å². The normalized spacial score (nSPS) is 11.8. The molecule has 0 unspecified atom stereocenters. The Bertz CT molecular complexity index is 1270. The number of hydrogen-bond donors (Lipinski definition) is 0. The standard InChI is InChI=1S/C23H22F2N4O2/c1-5-31-22(30)18-12-27-29(20(18)23(4,24)25)19-13-26-21(17-9-7-6-8-16(17)19)28-14(2)10-11-15(28)3/h6-13H,5H2,1-4H3. The van der Waals surface area contributed by atoms with Gasteiger partial charge in [0.15, 0.2) is 0 Å². The minimum absolute atomic E-state index is 0.0769. The minimum atomic E-state index is -3.33. The van der Waals surface area contributed by atoms with Gasteiger partial charge in [-0.05, 0) is 32.9 Å². The van der Waals surface area contributed by atoms with Crippen molar-refractivity contribution in [3.05, 3.63) is 71.4 Å². The summed E-state index contributed by atoms with van der Waals surface area (Å²) in [7, 11) is 0. The molecule has 0 bridgehead atoms. The Morgan fingerprint density at radius 2 is 1.71 bits per heavy atom. The maximum absolute atomic E-state index is 14.6. The molecule has 8 heteroatoms. The Kier molecular flexibility index (Phi) is 5.08. The number of carbonyl (C=O) groups is 1. The molecule has 3 heterocycles. The number of carbonyl (C=O) groups excluding carboxylic acids is 1. The van der Waals surface area contributed by atoms with Crippen molar-refractivity contribution in [2.75, 3.05) is 6.61 Å². The second-order valence-electron chi connectivity index (χ2n) is 7.39. The van der Waals surface area contributed by atoms with Gasteiger partial charge in [0, 0.05) is 29.1 Å². The minimum Gasteiger partial charge on any atom is -0.462 e. The molecule has 0 radical (unpaired) electrons. The number of benzene rings is 1. The van der Waals surface area contributed by atoms with E-state index in [0.29, 0.717) is 16.9 Å². The largest absolute Gasteiger partial charge is 0.462 e. The van der Waals surface area contributed by atoms with Crippen LogP contribution < -0.4 is 0 Å². The number of alkyl halides is 2. The Labute approximate surface area is 178 Å². The maximum atomic E-state index is 14.6. The number of nitrogens with zero attached hydrogens (tertiary/aromatic N) is 4. The molecule has 0 saturated heterocycles. The predicted octanol–water partition coefficient (Wildman–Crippen LogP) is 5.12. The zero-order chi connectivity index (χ0) is 22.3. The lowest BCUT2D eigenvalue weighted by molar-refractivity contribution is 0.00756. The van der Waals surface area contributed by atoms with Crippen molar-refractivity contribution < 1.29 is 18.3 Å². The maximum Gasteiger partial charge on any atom is 0.341 e. The molecule has 31 heavy (non-hydrogen) atoms. The molecule has 0 fully saturated rings. The van der Waals surface area contributed by atoms with Gasteiger partial charge in [-0.25, -0.2) is 14.5 Å². The van der Waals surface area contributed by atoms with Crippen LogP contribution in [0.5, 0.6) is 0 Å². The SMILES string of the molecule is CCOC(=O)c1cnn(-c2cnc(-n3c(C)ccc3C)c3ccccc23)c1C(C)(F)F. The Hall–Kier alpha value is -3.55. The molecule has 0 amide bonds. The quantitative estimate of drug-likeness (QED) is 0.418. The van der Waals surface area contributed by atoms with Crippen molar-refractivity contribution in [1.29, 1.82) is 0 Å². The van der Waals surface area contributed by atoms with Crippen LogP contribution in [0.2, 0.25) is 0 Å². The molecule has 6 nitrogen and oxygen atoms in total. The third-order valence-corrected chi connectivity index (χ3v) is 5.14. The molecule has 0 atom stereocenters. The molecule has 160 valence electrons. The van der Waals surface area contributed by atoms with Crippen LogP contribution in [0.15, 0.2) is 48.8 Å². The molecule has 0 N–H and O–H groups in total. The van der Waals surface area contributed by atoms with E-state index in [1.807, 2.05) is 54.8 Å². The third-order valence-electron chi connectivity index (χ3n) is 5.14. The van der Waals surface area contributed by atoms with Gasteiger partial charge in [-0.1, -0.05) is 24.3 Å². The molecule has 4 aromatic rings. The lowest BCUT2D eigenvalue weighted by Crippen LogP contribution is -2.20. The van der Waals surface area contributed by atoms with Gasteiger partial charge in [0.25, 0.3) is 5.92 Å². The first-order chi connectivity index (χ1) is 14.7. The smallest absolute Gasteiger partial charge is 0.341 e. The highest BCUT2D eigenvalue weighted by Crippen LogP contribution is 2.35. The monoisotopic (exact) mass is 424 g/mol. The van der Waals surface area contributed by atoms with Crippen LogP contribution in [0, 0.1) is 13.8 Å². The van der Waals surface area contributed by atoms with E-state index in [1.54, 1.807) is 6.92 Å². The van der Waals surface area contributed by atoms with Crippen molar-refractivity contribution in [3.8, 4) is 11.5 Å². The zero-order valence-corrected chi connectivity index (χ0v) is 17.7. The van der Waals surface area contributed by atoms with Gasteiger partial charge in [0.1, 0.15) is 17.1 Å². The summed E-state index contributed by atoms with van der Waals surface area (Å²) in [6.45, 7) is 6.39. The van der Waals surface area contributed by atoms with Gasteiger partial charge in [-0.15, -0.1) is 0 Å². The second kappa shape index (κ2) is 7.61. The van der Waals surface area contributed by atoms with Gasteiger partial charge in [-0.2, -0.15) is 13.9 Å². The van der Waals surface area contributed by atoms with Gasteiger partial charge in [-0.3, -0.25) is 0 Å². The molecule has 1 aromatic carbocycles. The number of hydrogen-bond acceptors (Lipinski definition) is 4. The van der Waals surface area contributed by atoms with E-state index in [0.717, 1.165) is 34.6 Å². The Morgan fingerprint density at radius 3 is 2.32 bits per heavy atom. The lowest BCUT2D eigenvalue weighted by Gasteiger charge is -2.18. The Morgan fingerprint density at radius 1 is 1.06 bits per heavy atom. The van der Waals surface area contributed by atoms with Crippen LogP contribution in [0.1, 0.15) is 41.3 Å². The molecule has 0 saturated carbocycles. The number of aryl methyl sites for hydroxylation is 2. The number of ether oxygens (including phenoxy) is 1. The third kappa shape index (κ3) is 3.48. The first kappa shape index (κ1) is 20.7. The average molecular weight is 424 g/mol. The van der Waals surface area contributed by atoms with E-state index < -0.39 is 17.6 Å². The first-order valence-electron chi connectivity index (χ1n) is 9.91. The van der Waals surface area contributed by atoms with Gasteiger partial charge < -0.3 is 9.30 Å². The summed E-state index contributed by atoms with van der Waals surface area (Å²) in [4.78, 5) is 16.9. The van der Waals surface area contributed by atoms with E-state index >= 15 is 0 Å². The van der Waals surface area contributed by atoms with Crippen LogP contribution in [-0.2, 0) is 10.7 Å². The molecular formula is C23H22F2N4O2. The fraction of sp³-hybridized carbons (Fsp3) is 0.261. The average Bonchev–Trinajstić information content (AvgIpc) is 3.31. The van der Waals surface area contributed by atoms with Crippen LogP contribution in [-0.4, -0.2) is 31.9 Å². The highest BCUT2D eigenvalue weighted by atomic mass is 19.3. The Balaban J connectivity index is 1.99. The van der Waals surface area contributed by atoms with E-state index in [2.05, 4.69) is 10.1 Å². The van der Waals surface area contributed by atoms with Crippen LogP contribution in [0.3, 0.4) is 0 Å². The molecular weight excluding hydrogens is 402 g/mol. The van der Waals surface area contributed by atoms with E-state index in [1.165, 1.54) is 6.20 Å². The van der Waals surface area contributed by atoms with Crippen LogP contribution in [0.4, 0.5) is 8.78 Å². The second-order valence-corrected chi connectivity index (χ2v) is 7.39. The molecule has 0 aliphatic carbocycles. The summed E-state index contributed by atoms with van der Waals surface area (Å²) in [5, 5.41) is 5.59. The van der Waals surface area contributed by atoms with Gasteiger partial charge in [0.05, 0.1) is 24.7 Å². The van der Waals surface area contributed by atoms with E-state index in [9.17, 15) is 13.6 Å². The number of fused-ring (bicyclic) bond motifs is 1. The van der Waals surface area contributed by atoms with E-state index in [-0.39, 0.29) is 12.2 Å². The van der Waals surface area contributed by atoms with Crippen molar-refractivity contribution in [2.24, 2.45) is 0 Å². The number of halogens is 2. The highest BCUT2D eigenvalue weighted by molar-refractivity contribution is 5.96. The summed E-state index contributed by atoms with van der Waals surface area (Å²) in [6.07, 6.45) is 2.63. The predicted molar refractivity (Wildman–Crippen MR) is 113 cm³/mol. The fourth-order valence-electron chi connectivity index (χ4n) is 3.82. The number of rotatable bonds is 5. The molecule has 3 aromatic heterocycles. The fourth-order valence-corrected chi connectivity index (χ4v) is 3.82.